The molecule has 5 nitrogen and oxygen atoms in total. The van der Waals surface area contributed by atoms with Crippen LogP contribution >= 0.6 is 0 Å². The summed E-state index contributed by atoms with van der Waals surface area (Å²) < 4.78 is 35.5. The number of ether oxygens (including phenoxy) is 1. The van der Waals surface area contributed by atoms with Crippen LogP contribution in [-0.2, 0) is 15.0 Å². The third kappa shape index (κ3) is 11.6. The normalized spacial score (nSPS) is 10.6. The van der Waals surface area contributed by atoms with Gasteiger partial charge in [-0.05, 0) is 0 Å². The van der Waals surface area contributed by atoms with Crippen molar-refractivity contribution in [2.75, 3.05) is 20.3 Å². The van der Waals surface area contributed by atoms with Crippen molar-refractivity contribution in [3.8, 4) is 0 Å². The van der Waals surface area contributed by atoms with E-state index in [1.807, 2.05) is 0 Å². The molecule has 10 heavy (non-hydrogen) atoms. The molecule has 0 atom stereocenters. The molecule has 0 aliphatic carbocycles. The summed E-state index contributed by atoms with van der Waals surface area (Å²) >= 11 is 0. The van der Waals surface area contributed by atoms with Gasteiger partial charge in [-0.25, -0.2) is 13.1 Å². The maximum atomic E-state index is 9.78. The van der Waals surface area contributed by atoms with E-state index in [0.29, 0.717) is 0 Å². The number of rotatable bonds is 4. The van der Waals surface area contributed by atoms with Crippen molar-refractivity contribution in [1.82, 2.24) is 4.72 Å². The Morgan fingerprint density at radius 2 is 2.10 bits per heavy atom. The van der Waals surface area contributed by atoms with E-state index >= 15 is 0 Å². The Morgan fingerprint density at radius 3 is 2.40 bits per heavy atom. The van der Waals surface area contributed by atoms with Gasteiger partial charge in [0.05, 0.1) is 6.61 Å². The third-order valence-electron chi connectivity index (χ3n) is 0.585. The molecule has 0 fully saturated rings. The van der Waals surface area contributed by atoms with Gasteiger partial charge < -0.3 is 9.29 Å². The van der Waals surface area contributed by atoms with Crippen molar-refractivity contribution < 1.29 is 47.3 Å². The van der Waals surface area contributed by atoms with E-state index in [-0.39, 0.29) is 42.7 Å². The van der Waals surface area contributed by atoms with E-state index in [1.165, 1.54) is 7.11 Å². The van der Waals surface area contributed by atoms with Crippen molar-refractivity contribution in [1.29, 1.82) is 0 Å². The van der Waals surface area contributed by atoms with Crippen LogP contribution in [0.2, 0.25) is 0 Å². The summed E-state index contributed by atoms with van der Waals surface area (Å²) in [5.74, 6) is 0. The fourth-order valence-electron chi connectivity index (χ4n) is 0.269. The maximum absolute atomic E-state index is 9.78. The van der Waals surface area contributed by atoms with Crippen LogP contribution in [0.15, 0.2) is 0 Å². The number of nitrogens with one attached hydrogen (secondary N) is 1. The Hall–Kier alpha value is 0.830. The molecule has 0 unspecified atom stereocenters. The molecule has 0 radical (unpaired) electrons. The van der Waals surface area contributed by atoms with Crippen LogP contribution in [0.25, 0.3) is 0 Å². The maximum Gasteiger partial charge on any atom is 1.00 e. The van der Waals surface area contributed by atoms with Gasteiger partial charge in [0.15, 0.2) is 10.3 Å². The van der Waals surface area contributed by atoms with E-state index < -0.39 is 10.3 Å². The Balaban J connectivity index is 0. The molecular weight excluding hydrogens is 169 g/mol. The van der Waals surface area contributed by atoms with E-state index in [1.54, 1.807) is 4.72 Å². The van der Waals surface area contributed by atoms with Crippen LogP contribution in [-0.4, -0.2) is 33.2 Å². The largest absolute Gasteiger partial charge is 1.00 e. The van der Waals surface area contributed by atoms with E-state index in [9.17, 15) is 13.0 Å². The summed E-state index contributed by atoms with van der Waals surface area (Å²) in [6, 6.07) is 0. The zero-order valence-corrected chi connectivity index (χ0v) is 8.77. The van der Waals surface area contributed by atoms with Gasteiger partial charge in [-0.15, -0.1) is 0 Å². The van der Waals surface area contributed by atoms with Gasteiger partial charge in [-0.1, -0.05) is 0 Å². The summed E-state index contributed by atoms with van der Waals surface area (Å²) in [5, 5.41) is 0. The minimum absolute atomic E-state index is 0. The van der Waals surface area contributed by atoms with Crippen molar-refractivity contribution >= 4 is 10.3 Å². The second kappa shape index (κ2) is 6.53. The second-order valence-corrected chi connectivity index (χ2v) is 2.54. The monoisotopic (exact) mass is 177 g/mol. The Bertz CT molecular complexity index is 156. The van der Waals surface area contributed by atoms with Crippen LogP contribution in [0.1, 0.15) is 0 Å². The van der Waals surface area contributed by atoms with Gasteiger partial charge in [0.25, 0.3) is 0 Å². The number of hydrogen-bond acceptors (Lipinski definition) is 4. The smallest absolute Gasteiger partial charge is 0.735 e. The topological polar surface area (TPSA) is 78.5 Å². The van der Waals surface area contributed by atoms with Gasteiger partial charge in [0.2, 0.25) is 0 Å². The number of hydrogen-bond donors (Lipinski definition) is 1. The summed E-state index contributed by atoms with van der Waals surface area (Å²) in [6.45, 7) is 0.240. The first-order valence-corrected chi connectivity index (χ1v) is 3.66. The predicted octanol–water partition coefficient (Wildman–Crippen LogP) is -4.31. The molecular formula is C3H8NNaO4S. The fourth-order valence-corrected chi connectivity index (χ4v) is 0.602. The van der Waals surface area contributed by atoms with Crippen LogP contribution in [0, 0.1) is 0 Å². The average Bonchev–Trinajstić information content (AvgIpc) is 1.63. The standard InChI is InChI=1S/C3H9NO4S.Na/c1-8-3-2-4-9(5,6)7;/h4H,2-3H2,1H3,(H,5,6,7);/q;+1/p-1. The summed E-state index contributed by atoms with van der Waals surface area (Å²) in [4.78, 5) is 0. The molecule has 0 heterocycles. The molecule has 0 saturated carbocycles. The molecule has 0 aromatic heterocycles. The molecule has 7 heteroatoms. The zero-order valence-electron chi connectivity index (χ0n) is 5.96. The van der Waals surface area contributed by atoms with Gasteiger partial charge in [-0.3, -0.25) is 0 Å². The van der Waals surface area contributed by atoms with Crippen LogP contribution in [0.4, 0.5) is 0 Å². The first-order chi connectivity index (χ1) is 4.06. The van der Waals surface area contributed by atoms with Crippen LogP contribution in [0.5, 0.6) is 0 Å². The van der Waals surface area contributed by atoms with Crippen molar-refractivity contribution in [3.05, 3.63) is 0 Å². The zero-order chi connectivity index (χ0) is 7.33. The molecule has 0 aliphatic rings. The van der Waals surface area contributed by atoms with Gasteiger partial charge in [-0.2, -0.15) is 0 Å². The molecule has 56 valence electrons. The molecule has 0 spiro atoms. The Morgan fingerprint density at radius 1 is 1.60 bits per heavy atom. The molecule has 0 saturated heterocycles. The molecule has 1 N–H and O–H groups in total. The Kier molecular flexibility index (Phi) is 8.77. The molecule has 0 amide bonds. The van der Waals surface area contributed by atoms with Crippen molar-refractivity contribution in [2.45, 2.75) is 0 Å². The number of methoxy groups -OCH3 is 1. The summed E-state index contributed by atoms with van der Waals surface area (Å²) in [7, 11) is -2.86. The summed E-state index contributed by atoms with van der Waals surface area (Å²) in [5.41, 5.74) is 0. The molecule has 0 aromatic carbocycles. The minimum Gasteiger partial charge on any atom is -0.735 e. The third-order valence-corrected chi connectivity index (χ3v) is 1.14. The van der Waals surface area contributed by atoms with E-state index in [4.69, 9.17) is 0 Å². The van der Waals surface area contributed by atoms with Crippen LogP contribution < -0.4 is 34.3 Å². The van der Waals surface area contributed by atoms with E-state index in [2.05, 4.69) is 4.74 Å². The van der Waals surface area contributed by atoms with Crippen LogP contribution in [0.3, 0.4) is 0 Å². The minimum atomic E-state index is -4.28. The second-order valence-electron chi connectivity index (χ2n) is 1.34. The average molecular weight is 177 g/mol. The molecule has 0 rings (SSSR count). The SMILES string of the molecule is COCCNS(=O)(=O)[O-].[Na+]. The molecule has 0 aliphatic heterocycles. The van der Waals surface area contributed by atoms with Crippen molar-refractivity contribution in [2.24, 2.45) is 0 Å². The quantitative estimate of drug-likeness (QED) is 0.267. The fraction of sp³-hybridized carbons (Fsp3) is 1.00. The van der Waals surface area contributed by atoms with Crippen molar-refractivity contribution in [3.63, 3.8) is 0 Å². The van der Waals surface area contributed by atoms with Gasteiger partial charge >= 0.3 is 29.6 Å². The summed E-state index contributed by atoms with van der Waals surface area (Å²) in [6.07, 6.45) is 0. The predicted molar refractivity (Wildman–Crippen MR) is 29.6 cm³/mol. The molecule has 0 bridgehead atoms. The van der Waals surface area contributed by atoms with Gasteiger partial charge in [0, 0.05) is 13.7 Å². The molecule has 0 aromatic rings. The van der Waals surface area contributed by atoms with E-state index in [0.717, 1.165) is 0 Å². The Labute approximate surface area is 82.3 Å². The van der Waals surface area contributed by atoms with Gasteiger partial charge in [0.1, 0.15) is 0 Å². The first-order valence-electron chi connectivity index (χ1n) is 2.25. The first kappa shape index (κ1) is 13.4.